The molecule has 0 spiro atoms. The van der Waals surface area contributed by atoms with Crippen molar-refractivity contribution in [3.8, 4) is 0 Å². The smallest absolute Gasteiger partial charge is 0.312 e. The monoisotopic (exact) mass is 245 g/mol. The van der Waals surface area contributed by atoms with Gasteiger partial charge in [0.05, 0.1) is 5.56 Å². The minimum Gasteiger partial charge on any atom is -0.312 e. The molecule has 4 heteroatoms. The van der Waals surface area contributed by atoms with E-state index in [4.69, 9.17) is 0 Å². The van der Waals surface area contributed by atoms with E-state index in [1.807, 2.05) is 0 Å². The second kappa shape index (κ2) is 5.08. The molecule has 1 nitrogen and oxygen atoms in total. The van der Waals surface area contributed by atoms with Gasteiger partial charge in [0, 0.05) is 13.1 Å². The molecule has 0 saturated carbocycles. The SMILES string of the molecule is CC(C)(C)CNCc1cccc(C(F)(F)F)c1. The summed E-state index contributed by atoms with van der Waals surface area (Å²) in [7, 11) is 0. The lowest BCUT2D eigenvalue weighted by molar-refractivity contribution is -0.137. The Bertz CT molecular complexity index is 364. The first-order valence-electron chi connectivity index (χ1n) is 5.55. The number of rotatable bonds is 3. The van der Waals surface area contributed by atoms with Gasteiger partial charge in [-0.3, -0.25) is 0 Å². The van der Waals surface area contributed by atoms with E-state index in [1.165, 1.54) is 12.1 Å². The predicted octanol–water partition coefficient (Wildman–Crippen LogP) is 3.84. The van der Waals surface area contributed by atoms with E-state index in [1.54, 1.807) is 6.07 Å². The lowest BCUT2D eigenvalue weighted by Gasteiger charge is -2.19. The summed E-state index contributed by atoms with van der Waals surface area (Å²) in [6.45, 7) is 7.45. The molecule has 96 valence electrons. The number of nitrogens with one attached hydrogen (secondary N) is 1. The fourth-order valence-electron chi connectivity index (χ4n) is 1.44. The summed E-state index contributed by atoms with van der Waals surface area (Å²) >= 11 is 0. The highest BCUT2D eigenvalue weighted by atomic mass is 19.4. The molecule has 1 rings (SSSR count). The maximum absolute atomic E-state index is 12.5. The fourth-order valence-corrected chi connectivity index (χ4v) is 1.44. The van der Waals surface area contributed by atoms with Gasteiger partial charge in [0.1, 0.15) is 0 Å². The Hall–Kier alpha value is -1.03. The van der Waals surface area contributed by atoms with Crippen LogP contribution >= 0.6 is 0 Å². The summed E-state index contributed by atoms with van der Waals surface area (Å²) in [6.07, 6.45) is -4.26. The van der Waals surface area contributed by atoms with Gasteiger partial charge in [-0.05, 0) is 17.0 Å². The van der Waals surface area contributed by atoms with Crippen molar-refractivity contribution < 1.29 is 13.2 Å². The highest BCUT2D eigenvalue weighted by Crippen LogP contribution is 2.29. The van der Waals surface area contributed by atoms with Gasteiger partial charge < -0.3 is 5.32 Å². The van der Waals surface area contributed by atoms with Crippen molar-refractivity contribution in [1.29, 1.82) is 0 Å². The zero-order valence-corrected chi connectivity index (χ0v) is 10.4. The molecule has 0 atom stereocenters. The van der Waals surface area contributed by atoms with Crippen LogP contribution in [0.15, 0.2) is 24.3 Å². The fraction of sp³-hybridized carbons (Fsp3) is 0.538. The van der Waals surface area contributed by atoms with Crippen LogP contribution in [-0.4, -0.2) is 6.54 Å². The number of benzene rings is 1. The Labute approximate surface area is 100 Å². The Balaban J connectivity index is 2.61. The summed E-state index contributed by atoms with van der Waals surface area (Å²) in [6, 6.07) is 5.42. The molecule has 0 aliphatic heterocycles. The molecule has 0 amide bonds. The third-order valence-electron chi connectivity index (χ3n) is 2.24. The van der Waals surface area contributed by atoms with Gasteiger partial charge in [0.2, 0.25) is 0 Å². The Morgan fingerprint density at radius 1 is 1.12 bits per heavy atom. The predicted molar refractivity (Wildman–Crippen MR) is 62.6 cm³/mol. The van der Waals surface area contributed by atoms with Crippen molar-refractivity contribution in [3.05, 3.63) is 35.4 Å². The molecular weight excluding hydrogens is 227 g/mol. The van der Waals surface area contributed by atoms with Crippen LogP contribution in [0.3, 0.4) is 0 Å². The largest absolute Gasteiger partial charge is 0.416 e. The van der Waals surface area contributed by atoms with E-state index < -0.39 is 11.7 Å². The summed E-state index contributed by atoms with van der Waals surface area (Å²) in [4.78, 5) is 0. The van der Waals surface area contributed by atoms with Gasteiger partial charge in [-0.1, -0.05) is 39.0 Å². The van der Waals surface area contributed by atoms with E-state index in [2.05, 4.69) is 26.1 Å². The van der Waals surface area contributed by atoms with Gasteiger partial charge >= 0.3 is 6.18 Å². The van der Waals surface area contributed by atoms with E-state index in [9.17, 15) is 13.2 Å². The quantitative estimate of drug-likeness (QED) is 0.853. The lowest BCUT2D eigenvalue weighted by Crippen LogP contribution is -2.26. The Kier molecular flexibility index (Phi) is 4.20. The topological polar surface area (TPSA) is 12.0 Å². The molecule has 0 bridgehead atoms. The average Bonchev–Trinajstić information content (AvgIpc) is 2.15. The second-order valence-corrected chi connectivity index (χ2v) is 5.36. The van der Waals surface area contributed by atoms with Crippen molar-refractivity contribution in [2.75, 3.05) is 6.54 Å². The highest BCUT2D eigenvalue weighted by molar-refractivity contribution is 5.25. The van der Waals surface area contributed by atoms with Crippen LogP contribution in [0.1, 0.15) is 31.9 Å². The van der Waals surface area contributed by atoms with Gasteiger partial charge in [-0.15, -0.1) is 0 Å². The van der Waals surface area contributed by atoms with Crippen LogP contribution in [0.5, 0.6) is 0 Å². The van der Waals surface area contributed by atoms with Crippen molar-refractivity contribution >= 4 is 0 Å². The first kappa shape index (κ1) is 14.0. The molecule has 0 aliphatic carbocycles. The minimum atomic E-state index is -4.26. The number of hydrogen-bond acceptors (Lipinski definition) is 1. The van der Waals surface area contributed by atoms with E-state index in [-0.39, 0.29) is 5.41 Å². The second-order valence-electron chi connectivity index (χ2n) is 5.36. The maximum atomic E-state index is 12.5. The van der Waals surface area contributed by atoms with Gasteiger partial charge in [0.25, 0.3) is 0 Å². The van der Waals surface area contributed by atoms with Crippen LogP contribution in [-0.2, 0) is 12.7 Å². The van der Waals surface area contributed by atoms with Crippen molar-refractivity contribution in [2.24, 2.45) is 5.41 Å². The van der Waals surface area contributed by atoms with Gasteiger partial charge in [0.15, 0.2) is 0 Å². The van der Waals surface area contributed by atoms with Gasteiger partial charge in [-0.25, -0.2) is 0 Å². The molecule has 0 fully saturated rings. The molecule has 1 N–H and O–H groups in total. The standard InChI is InChI=1S/C13H18F3N/c1-12(2,3)9-17-8-10-5-4-6-11(7-10)13(14,15)16/h4-7,17H,8-9H2,1-3H3. The van der Waals surface area contributed by atoms with Crippen LogP contribution < -0.4 is 5.32 Å². The molecule has 0 aliphatic rings. The first-order valence-corrected chi connectivity index (χ1v) is 5.55. The van der Waals surface area contributed by atoms with Crippen LogP contribution in [0, 0.1) is 5.41 Å². The van der Waals surface area contributed by atoms with Crippen LogP contribution in [0.2, 0.25) is 0 Å². The average molecular weight is 245 g/mol. The normalized spacial score (nSPS) is 12.8. The molecule has 0 unspecified atom stereocenters. The van der Waals surface area contributed by atoms with Crippen molar-refractivity contribution in [1.82, 2.24) is 5.32 Å². The summed E-state index contributed by atoms with van der Waals surface area (Å²) < 4.78 is 37.4. The molecule has 1 aromatic carbocycles. The highest BCUT2D eigenvalue weighted by Gasteiger charge is 2.30. The number of alkyl halides is 3. The molecule has 0 radical (unpaired) electrons. The number of hydrogen-bond donors (Lipinski definition) is 1. The zero-order chi connectivity index (χ0) is 13.1. The maximum Gasteiger partial charge on any atom is 0.416 e. The van der Waals surface area contributed by atoms with E-state index >= 15 is 0 Å². The molecule has 1 aromatic rings. The third-order valence-corrected chi connectivity index (χ3v) is 2.24. The zero-order valence-electron chi connectivity index (χ0n) is 10.4. The molecule has 0 saturated heterocycles. The Morgan fingerprint density at radius 2 is 1.76 bits per heavy atom. The van der Waals surface area contributed by atoms with E-state index in [0.29, 0.717) is 12.1 Å². The molecule has 0 heterocycles. The van der Waals surface area contributed by atoms with Crippen molar-refractivity contribution in [3.63, 3.8) is 0 Å². The van der Waals surface area contributed by atoms with Crippen molar-refractivity contribution in [2.45, 2.75) is 33.5 Å². The number of halogens is 3. The summed E-state index contributed by atoms with van der Waals surface area (Å²) in [5.74, 6) is 0. The van der Waals surface area contributed by atoms with E-state index in [0.717, 1.165) is 12.6 Å². The summed E-state index contributed by atoms with van der Waals surface area (Å²) in [5.41, 5.74) is 0.193. The molecular formula is C13H18F3N. The van der Waals surface area contributed by atoms with Gasteiger partial charge in [-0.2, -0.15) is 13.2 Å². The molecule has 17 heavy (non-hydrogen) atoms. The Morgan fingerprint density at radius 3 is 2.29 bits per heavy atom. The third kappa shape index (κ3) is 5.22. The summed E-state index contributed by atoms with van der Waals surface area (Å²) in [5, 5.41) is 3.15. The van der Waals surface area contributed by atoms with Crippen LogP contribution in [0.4, 0.5) is 13.2 Å². The molecule has 0 aromatic heterocycles. The van der Waals surface area contributed by atoms with Crippen LogP contribution in [0.25, 0.3) is 0 Å². The lowest BCUT2D eigenvalue weighted by atomic mass is 9.97. The minimum absolute atomic E-state index is 0.127. The first-order chi connectivity index (χ1) is 7.68.